The number of hydrogen-bond acceptors (Lipinski definition) is 2. The second kappa shape index (κ2) is 4.92. The van der Waals surface area contributed by atoms with E-state index in [2.05, 4.69) is 4.72 Å². The van der Waals surface area contributed by atoms with Crippen molar-refractivity contribution in [2.75, 3.05) is 6.54 Å². The molecule has 15 heavy (non-hydrogen) atoms. The van der Waals surface area contributed by atoms with Crippen LogP contribution in [0.1, 0.15) is 13.3 Å². The standard InChI is InChI=1S/C9H11ClFNO2S/c1-2-5-12-15(13,14)7-3-4-9(11)8(10)6-7/h3-4,6,12H,2,5H2,1H3. The topological polar surface area (TPSA) is 46.2 Å². The smallest absolute Gasteiger partial charge is 0.211 e. The summed E-state index contributed by atoms with van der Waals surface area (Å²) in [5, 5.41) is -0.200. The lowest BCUT2D eigenvalue weighted by Crippen LogP contribution is -2.24. The molecule has 0 spiro atoms. The highest BCUT2D eigenvalue weighted by Crippen LogP contribution is 2.19. The molecule has 0 saturated heterocycles. The highest BCUT2D eigenvalue weighted by molar-refractivity contribution is 7.89. The third-order valence-corrected chi connectivity index (χ3v) is 3.49. The summed E-state index contributed by atoms with van der Waals surface area (Å²) in [5.41, 5.74) is 0. The van der Waals surface area contributed by atoms with Crippen molar-refractivity contribution < 1.29 is 12.8 Å². The second-order valence-electron chi connectivity index (χ2n) is 2.97. The normalized spacial score (nSPS) is 11.7. The van der Waals surface area contributed by atoms with Gasteiger partial charge < -0.3 is 0 Å². The van der Waals surface area contributed by atoms with Gasteiger partial charge in [-0.1, -0.05) is 18.5 Å². The maximum Gasteiger partial charge on any atom is 0.240 e. The van der Waals surface area contributed by atoms with Crippen LogP contribution in [0, 0.1) is 5.82 Å². The van der Waals surface area contributed by atoms with E-state index in [0.29, 0.717) is 13.0 Å². The minimum absolute atomic E-state index is 0.0256. The molecule has 0 fully saturated rings. The number of hydrogen-bond donors (Lipinski definition) is 1. The first kappa shape index (κ1) is 12.4. The van der Waals surface area contributed by atoms with Crippen molar-refractivity contribution in [3.8, 4) is 0 Å². The highest BCUT2D eigenvalue weighted by atomic mass is 35.5. The Kier molecular flexibility index (Phi) is 4.07. The van der Waals surface area contributed by atoms with Crippen LogP contribution < -0.4 is 4.72 Å². The zero-order valence-electron chi connectivity index (χ0n) is 8.13. The molecule has 0 atom stereocenters. The molecular weight excluding hydrogens is 241 g/mol. The van der Waals surface area contributed by atoms with Crippen LogP contribution in [-0.4, -0.2) is 15.0 Å². The molecule has 0 heterocycles. The molecule has 84 valence electrons. The molecule has 0 aliphatic carbocycles. The van der Waals surface area contributed by atoms with E-state index in [4.69, 9.17) is 11.6 Å². The summed E-state index contributed by atoms with van der Waals surface area (Å²) in [4.78, 5) is -0.0256. The van der Waals surface area contributed by atoms with E-state index in [1.807, 2.05) is 6.92 Å². The van der Waals surface area contributed by atoms with Gasteiger partial charge in [0, 0.05) is 6.54 Å². The average Bonchev–Trinajstić information content (AvgIpc) is 2.19. The molecule has 0 aliphatic heterocycles. The summed E-state index contributed by atoms with van der Waals surface area (Å²) >= 11 is 5.49. The van der Waals surface area contributed by atoms with Gasteiger partial charge in [0.2, 0.25) is 10.0 Å². The predicted molar refractivity (Wildman–Crippen MR) is 56.9 cm³/mol. The first-order chi connectivity index (χ1) is 6.97. The van der Waals surface area contributed by atoms with Crippen molar-refractivity contribution in [2.24, 2.45) is 0 Å². The molecule has 1 aromatic carbocycles. The minimum Gasteiger partial charge on any atom is -0.211 e. The van der Waals surface area contributed by atoms with Crippen LogP contribution in [0.5, 0.6) is 0 Å². The Labute approximate surface area is 93.3 Å². The van der Waals surface area contributed by atoms with E-state index in [-0.39, 0.29) is 9.92 Å². The largest absolute Gasteiger partial charge is 0.240 e. The van der Waals surface area contributed by atoms with E-state index in [1.165, 1.54) is 6.07 Å². The van der Waals surface area contributed by atoms with Crippen molar-refractivity contribution in [1.29, 1.82) is 0 Å². The number of rotatable bonds is 4. The zero-order valence-corrected chi connectivity index (χ0v) is 9.70. The van der Waals surface area contributed by atoms with E-state index in [0.717, 1.165) is 12.1 Å². The number of nitrogens with one attached hydrogen (secondary N) is 1. The van der Waals surface area contributed by atoms with Crippen LogP contribution >= 0.6 is 11.6 Å². The predicted octanol–water partition coefficient (Wildman–Crippen LogP) is 2.17. The van der Waals surface area contributed by atoms with Crippen molar-refractivity contribution >= 4 is 21.6 Å². The van der Waals surface area contributed by atoms with Gasteiger partial charge in [0.1, 0.15) is 5.82 Å². The summed E-state index contributed by atoms with van der Waals surface area (Å²) in [6.07, 6.45) is 0.689. The van der Waals surface area contributed by atoms with Crippen LogP contribution in [0.25, 0.3) is 0 Å². The highest BCUT2D eigenvalue weighted by Gasteiger charge is 2.14. The monoisotopic (exact) mass is 251 g/mol. The first-order valence-electron chi connectivity index (χ1n) is 4.42. The molecule has 1 aromatic rings. The minimum atomic E-state index is -3.56. The lowest BCUT2D eigenvalue weighted by molar-refractivity contribution is 0.580. The molecule has 0 aromatic heterocycles. The van der Waals surface area contributed by atoms with Gasteiger partial charge in [-0.3, -0.25) is 0 Å². The lowest BCUT2D eigenvalue weighted by Gasteiger charge is -2.05. The molecule has 1 rings (SSSR count). The molecular formula is C9H11ClFNO2S. The Morgan fingerprint density at radius 3 is 2.67 bits per heavy atom. The third kappa shape index (κ3) is 3.15. The second-order valence-corrected chi connectivity index (χ2v) is 5.15. The molecule has 0 amide bonds. The van der Waals surface area contributed by atoms with Crippen LogP contribution in [0.15, 0.2) is 23.1 Å². The SMILES string of the molecule is CCCNS(=O)(=O)c1ccc(F)c(Cl)c1. The van der Waals surface area contributed by atoms with Gasteiger partial charge in [0.15, 0.2) is 0 Å². The summed E-state index contributed by atoms with van der Waals surface area (Å²) < 4.78 is 38.3. The van der Waals surface area contributed by atoms with Crippen molar-refractivity contribution in [1.82, 2.24) is 4.72 Å². The van der Waals surface area contributed by atoms with Gasteiger partial charge in [-0.2, -0.15) is 0 Å². The Balaban J connectivity index is 3.00. The fraction of sp³-hybridized carbons (Fsp3) is 0.333. The van der Waals surface area contributed by atoms with Crippen LogP contribution in [0.2, 0.25) is 5.02 Å². The number of benzene rings is 1. The summed E-state index contributed by atoms with van der Waals surface area (Å²) in [7, 11) is -3.56. The third-order valence-electron chi connectivity index (χ3n) is 1.74. The molecule has 0 unspecified atom stereocenters. The van der Waals surface area contributed by atoms with Crippen molar-refractivity contribution in [2.45, 2.75) is 18.2 Å². The summed E-state index contributed by atoms with van der Waals surface area (Å²) in [6.45, 7) is 2.19. The quantitative estimate of drug-likeness (QED) is 0.892. The van der Waals surface area contributed by atoms with E-state index < -0.39 is 15.8 Å². The molecule has 0 saturated carbocycles. The van der Waals surface area contributed by atoms with Gasteiger partial charge >= 0.3 is 0 Å². The van der Waals surface area contributed by atoms with E-state index in [9.17, 15) is 12.8 Å². The lowest BCUT2D eigenvalue weighted by atomic mass is 10.3. The Bertz CT molecular complexity index is 447. The molecule has 0 aliphatic rings. The zero-order chi connectivity index (χ0) is 11.5. The van der Waals surface area contributed by atoms with Crippen LogP contribution in [0.4, 0.5) is 4.39 Å². The summed E-state index contributed by atoms with van der Waals surface area (Å²) in [5.74, 6) is -0.633. The van der Waals surface area contributed by atoms with E-state index in [1.54, 1.807) is 0 Å². The molecule has 1 N–H and O–H groups in total. The molecule has 6 heteroatoms. The first-order valence-corrected chi connectivity index (χ1v) is 6.28. The van der Waals surface area contributed by atoms with Crippen molar-refractivity contribution in [3.63, 3.8) is 0 Å². The number of halogens is 2. The van der Waals surface area contributed by atoms with Gasteiger partial charge in [0.05, 0.1) is 9.92 Å². The number of sulfonamides is 1. The Hall–Kier alpha value is -0.650. The van der Waals surface area contributed by atoms with Crippen molar-refractivity contribution in [3.05, 3.63) is 29.0 Å². The van der Waals surface area contributed by atoms with Gasteiger partial charge in [-0.05, 0) is 24.6 Å². The summed E-state index contributed by atoms with van der Waals surface area (Å²) in [6, 6.07) is 3.30. The Morgan fingerprint density at radius 1 is 1.47 bits per heavy atom. The molecule has 0 radical (unpaired) electrons. The molecule has 0 bridgehead atoms. The van der Waals surface area contributed by atoms with Crippen LogP contribution in [0.3, 0.4) is 0 Å². The van der Waals surface area contributed by atoms with E-state index >= 15 is 0 Å². The van der Waals surface area contributed by atoms with Gasteiger partial charge in [0.25, 0.3) is 0 Å². The fourth-order valence-corrected chi connectivity index (χ4v) is 2.37. The van der Waals surface area contributed by atoms with Gasteiger partial charge in [-0.25, -0.2) is 17.5 Å². The maximum atomic E-state index is 12.8. The van der Waals surface area contributed by atoms with Crippen LogP contribution in [-0.2, 0) is 10.0 Å². The van der Waals surface area contributed by atoms with Gasteiger partial charge in [-0.15, -0.1) is 0 Å². The fourth-order valence-electron chi connectivity index (χ4n) is 0.964. The molecule has 3 nitrogen and oxygen atoms in total. The average molecular weight is 252 g/mol. The Morgan fingerprint density at radius 2 is 2.13 bits per heavy atom. The maximum absolute atomic E-state index is 12.8.